The maximum atomic E-state index is 11.5. The van der Waals surface area contributed by atoms with Gasteiger partial charge in [-0.15, -0.1) is 11.3 Å². The molecule has 1 amide bonds. The molecule has 5 heteroatoms. The summed E-state index contributed by atoms with van der Waals surface area (Å²) < 4.78 is 5.83. The van der Waals surface area contributed by atoms with Gasteiger partial charge in [-0.1, -0.05) is 26.0 Å². The molecule has 1 heterocycles. The summed E-state index contributed by atoms with van der Waals surface area (Å²) in [6.45, 7) is 6.72. The van der Waals surface area contributed by atoms with E-state index in [1.807, 2.05) is 25.1 Å². The van der Waals surface area contributed by atoms with Crippen molar-refractivity contribution >= 4 is 17.2 Å². The molecule has 1 aromatic heterocycles. The quantitative estimate of drug-likeness (QED) is 0.506. The maximum absolute atomic E-state index is 11.5. The molecule has 0 aliphatic carbocycles. The number of carbonyl (C=O) groups is 1. The second-order valence-corrected chi connectivity index (χ2v) is 6.44. The molecule has 2 rings (SSSR count). The zero-order valence-corrected chi connectivity index (χ0v) is 13.3. The first-order valence-electron chi connectivity index (χ1n) is 6.84. The largest absolute Gasteiger partial charge is 0.489 e. The molecule has 0 unspecified atom stereocenters. The predicted molar refractivity (Wildman–Crippen MR) is 85.6 cm³/mol. The number of hydrazine groups is 1. The van der Waals surface area contributed by atoms with Crippen LogP contribution >= 0.6 is 11.3 Å². The van der Waals surface area contributed by atoms with E-state index in [4.69, 9.17) is 10.6 Å². The second kappa shape index (κ2) is 6.74. The molecular weight excluding hydrogens is 284 g/mol. The fraction of sp³-hybridized carbons (Fsp3) is 0.312. The summed E-state index contributed by atoms with van der Waals surface area (Å²) in [5.74, 6) is 6.19. The zero-order chi connectivity index (χ0) is 15.4. The fourth-order valence-electron chi connectivity index (χ4n) is 1.97. The molecule has 0 aliphatic rings. The van der Waals surface area contributed by atoms with Gasteiger partial charge in [-0.3, -0.25) is 10.2 Å². The Hall–Kier alpha value is -1.85. The average molecular weight is 304 g/mol. The van der Waals surface area contributed by atoms with Gasteiger partial charge in [0.2, 0.25) is 0 Å². The van der Waals surface area contributed by atoms with Gasteiger partial charge >= 0.3 is 0 Å². The van der Waals surface area contributed by atoms with Crippen LogP contribution in [0.2, 0.25) is 0 Å². The highest BCUT2D eigenvalue weighted by Gasteiger charge is 2.12. The molecule has 0 radical (unpaired) electrons. The van der Waals surface area contributed by atoms with Crippen LogP contribution in [0.25, 0.3) is 0 Å². The van der Waals surface area contributed by atoms with Crippen LogP contribution in [0.4, 0.5) is 0 Å². The minimum Gasteiger partial charge on any atom is -0.489 e. The molecule has 0 bridgehead atoms. The van der Waals surface area contributed by atoms with Gasteiger partial charge in [0.05, 0.1) is 4.88 Å². The van der Waals surface area contributed by atoms with E-state index in [-0.39, 0.29) is 5.91 Å². The third-order valence-electron chi connectivity index (χ3n) is 3.29. The predicted octanol–water partition coefficient (Wildman–Crippen LogP) is 3.36. The lowest BCUT2D eigenvalue weighted by Gasteiger charge is -2.09. The highest BCUT2D eigenvalue weighted by atomic mass is 32.1. The Morgan fingerprint density at radius 1 is 1.38 bits per heavy atom. The van der Waals surface area contributed by atoms with E-state index >= 15 is 0 Å². The monoisotopic (exact) mass is 304 g/mol. The summed E-state index contributed by atoms with van der Waals surface area (Å²) in [6.07, 6.45) is 0. The van der Waals surface area contributed by atoms with E-state index in [1.54, 1.807) is 0 Å². The van der Waals surface area contributed by atoms with E-state index in [9.17, 15) is 4.79 Å². The van der Waals surface area contributed by atoms with Gasteiger partial charge in [0, 0.05) is 10.4 Å². The van der Waals surface area contributed by atoms with Crippen LogP contribution in [0.15, 0.2) is 30.3 Å². The lowest BCUT2D eigenvalue weighted by Crippen LogP contribution is -2.29. The van der Waals surface area contributed by atoms with Crippen LogP contribution in [-0.2, 0) is 6.61 Å². The van der Waals surface area contributed by atoms with Crippen molar-refractivity contribution in [2.24, 2.45) is 5.84 Å². The van der Waals surface area contributed by atoms with Crippen LogP contribution in [-0.4, -0.2) is 5.91 Å². The Bertz CT molecular complexity index is 635. The summed E-state index contributed by atoms with van der Waals surface area (Å²) in [7, 11) is 0. The van der Waals surface area contributed by atoms with E-state index in [0.29, 0.717) is 17.4 Å². The van der Waals surface area contributed by atoms with Crippen molar-refractivity contribution in [1.82, 2.24) is 5.43 Å². The zero-order valence-electron chi connectivity index (χ0n) is 12.5. The van der Waals surface area contributed by atoms with Gasteiger partial charge in [-0.05, 0) is 36.6 Å². The molecule has 0 saturated heterocycles. The standard InChI is InChI=1S/C16H20N2O2S/c1-10(2)12-5-4-6-14(7-12)20-9-13-8-15(16(19)18-17)21-11(13)3/h4-8,10H,9,17H2,1-3H3,(H,18,19). The van der Waals surface area contributed by atoms with Crippen molar-refractivity contribution < 1.29 is 9.53 Å². The van der Waals surface area contributed by atoms with Crippen molar-refractivity contribution in [3.8, 4) is 5.75 Å². The number of nitrogens with one attached hydrogen (secondary N) is 1. The molecule has 0 aliphatic heterocycles. The number of nitrogen functional groups attached to an aromatic ring is 1. The minimum atomic E-state index is -0.267. The third-order valence-corrected chi connectivity index (χ3v) is 4.39. The van der Waals surface area contributed by atoms with Gasteiger partial charge in [-0.25, -0.2) is 5.84 Å². The van der Waals surface area contributed by atoms with Crippen LogP contribution in [0.5, 0.6) is 5.75 Å². The van der Waals surface area contributed by atoms with Crippen molar-refractivity contribution in [2.45, 2.75) is 33.3 Å². The van der Waals surface area contributed by atoms with Crippen LogP contribution in [0.1, 0.15) is 45.4 Å². The molecule has 112 valence electrons. The number of benzene rings is 1. The highest BCUT2D eigenvalue weighted by molar-refractivity contribution is 7.14. The molecule has 0 spiro atoms. The Kier molecular flexibility index (Phi) is 4.98. The van der Waals surface area contributed by atoms with Crippen LogP contribution < -0.4 is 16.0 Å². The Labute approximate surface area is 128 Å². The number of rotatable bonds is 5. The molecule has 0 saturated carbocycles. The van der Waals surface area contributed by atoms with Crippen molar-refractivity contribution in [3.05, 3.63) is 51.2 Å². The van der Waals surface area contributed by atoms with Gasteiger partial charge in [-0.2, -0.15) is 0 Å². The number of hydrogen-bond acceptors (Lipinski definition) is 4. The number of aryl methyl sites for hydroxylation is 1. The molecule has 4 nitrogen and oxygen atoms in total. The van der Waals surface area contributed by atoms with Crippen molar-refractivity contribution in [1.29, 1.82) is 0 Å². The molecule has 21 heavy (non-hydrogen) atoms. The lowest BCUT2D eigenvalue weighted by molar-refractivity contribution is 0.0957. The summed E-state index contributed by atoms with van der Waals surface area (Å²) in [6, 6.07) is 9.92. The third kappa shape index (κ3) is 3.83. The number of ether oxygens (including phenoxy) is 1. The Morgan fingerprint density at radius 2 is 2.14 bits per heavy atom. The molecule has 3 N–H and O–H groups in total. The van der Waals surface area contributed by atoms with Crippen molar-refractivity contribution in [3.63, 3.8) is 0 Å². The van der Waals surface area contributed by atoms with Gasteiger partial charge in [0.25, 0.3) is 5.91 Å². The van der Waals surface area contributed by atoms with Gasteiger partial charge in [0.1, 0.15) is 12.4 Å². The molecule has 1 aromatic carbocycles. The summed E-state index contributed by atoms with van der Waals surface area (Å²) in [5, 5.41) is 0. The molecule has 0 fully saturated rings. The maximum Gasteiger partial charge on any atom is 0.275 e. The molecular formula is C16H20N2O2S. The van der Waals surface area contributed by atoms with Gasteiger partial charge < -0.3 is 4.74 Å². The Balaban J connectivity index is 2.08. The smallest absolute Gasteiger partial charge is 0.275 e. The van der Waals surface area contributed by atoms with E-state index < -0.39 is 0 Å². The normalized spacial score (nSPS) is 10.7. The lowest BCUT2D eigenvalue weighted by atomic mass is 10.0. The topological polar surface area (TPSA) is 64.4 Å². The average Bonchev–Trinajstić information content (AvgIpc) is 2.85. The first-order chi connectivity index (χ1) is 10.0. The fourth-order valence-corrected chi connectivity index (χ4v) is 2.90. The first-order valence-corrected chi connectivity index (χ1v) is 7.66. The Morgan fingerprint density at radius 3 is 2.81 bits per heavy atom. The van der Waals surface area contributed by atoms with E-state index in [2.05, 4.69) is 31.4 Å². The number of carbonyl (C=O) groups excluding carboxylic acids is 1. The van der Waals surface area contributed by atoms with Crippen molar-refractivity contribution in [2.75, 3.05) is 0 Å². The SMILES string of the molecule is Cc1sc(C(=O)NN)cc1COc1cccc(C(C)C)c1. The van der Waals surface area contributed by atoms with Gasteiger partial charge in [0.15, 0.2) is 0 Å². The minimum absolute atomic E-state index is 0.267. The van der Waals surface area contributed by atoms with E-state index in [1.165, 1.54) is 16.9 Å². The van der Waals surface area contributed by atoms with Crippen LogP contribution in [0, 0.1) is 6.92 Å². The number of nitrogens with two attached hydrogens (primary N) is 1. The molecule has 2 aromatic rings. The number of hydrogen-bond donors (Lipinski definition) is 2. The summed E-state index contributed by atoms with van der Waals surface area (Å²) in [4.78, 5) is 13.2. The summed E-state index contributed by atoms with van der Waals surface area (Å²) in [5.41, 5.74) is 4.40. The van der Waals surface area contributed by atoms with Crippen LogP contribution in [0.3, 0.4) is 0 Å². The summed E-state index contributed by atoms with van der Waals surface area (Å²) >= 11 is 1.42. The molecule has 0 atom stereocenters. The van der Waals surface area contributed by atoms with E-state index in [0.717, 1.165) is 16.2 Å². The number of amides is 1. The highest BCUT2D eigenvalue weighted by Crippen LogP contribution is 2.25. The first kappa shape index (κ1) is 15.5. The second-order valence-electron chi connectivity index (χ2n) is 5.18. The number of thiophene rings is 1.